The molecule has 0 amide bonds. The summed E-state index contributed by atoms with van der Waals surface area (Å²) >= 11 is 0. The predicted octanol–water partition coefficient (Wildman–Crippen LogP) is 16.1. The molecule has 0 heteroatoms. The van der Waals surface area contributed by atoms with E-state index in [9.17, 15) is 0 Å². The van der Waals surface area contributed by atoms with Crippen LogP contribution < -0.4 is 0 Å². The van der Waals surface area contributed by atoms with Crippen LogP contribution in [0.5, 0.6) is 0 Å². The molecule has 0 saturated carbocycles. The SMILES string of the molecule is CC.CC.CC.CC.CC.CCC.CCC.CCC.c1ccccc1.c1ccccc1.c1ccccc1.c1ccccc1. The highest BCUT2D eigenvalue weighted by molar-refractivity contribution is 5.00. The first-order chi connectivity index (χ1) is 21.2. The summed E-state index contributed by atoms with van der Waals surface area (Å²) in [6.07, 6.45) is 3.75. The molecule has 0 unspecified atom stereocenters. The minimum absolute atomic E-state index is 1.25. The molecule has 4 aromatic rings. The van der Waals surface area contributed by atoms with Crippen LogP contribution in [0.4, 0.5) is 0 Å². The summed E-state index contributed by atoms with van der Waals surface area (Å²) < 4.78 is 0. The van der Waals surface area contributed by atoms with Gasteiger partial charge in [-0.1, -0.05) is 276 Å². The molecule has 4 rings (SSSR count). The summed E-state index contributed by atoms with van der Waals surface area (Å²) in [5, 5.41) is 0. The first-order valence-corrected chi connectivity index (χ1v) is 17.2. The molecule has 250 valence electrons. The van der Waals surface area contributed by atoms with Gasteiger partial charge in [0.25, 0.3) is 0 Å². The molecule has 0 aliphatic heterocycles. The first-order valence-electron chi connectivity index (χ1n) is 17.2. The van der Waals surface area contributed by atoms with Gasteiger partial charge in [-0.2, -0.15) is 0 Å². The first kappa shape index (κ1) is 59.3. The second-order valence-corrected chi connectivity index (χ2v) is 6.74. The molecule has 0 aliphatic rings. The average Bonchev–Trinajstić information content (AvgIpc) is 3.14. The molecule has 0 saturated heterocycles. The second-order valence-electron chi connectivity index (χ2n) is 6.74. The zero-order valence-electron chi connectivity index (χ0n) is 32.0. The molecule has 0 atom stereocenters. The van der Waals surface area contributed by atoms with Crippen LogP contribution in [0.2, 0.25) is 0 Å². The standard InChI is InChI=1S/4C6H6.3C3H8.5C2H6/c4*1-2-4-6-5-3-1;3*1-3-2;5*1-2/h4*1-6H;3*3H2,1-2H3;5*1-2H3. The van der Waals surface area contributed by atoms with Crippen LogP contribution >= 0.6 is 0 Å². The Kier molecular flexibility index (Phi) is 135. The van der Waals surface area contributed by atoms with Crippen LogP contribution in [0, 0.1) is 0 Å². The minimum atomic E-state index is 1.25. The van der Waals surface area contributed by atoms with Crippen LogP contribution in [-0.4, -0.2) is 0 Å². The van der Waals surface area contributed by atoms with Crippen molar-refractivity contribution < 1.29 is 0 Å². The topological polar surface area (TPSA) is 0 Å². The molecule has 0 radical (unpaired) electrons. The molecule has 0 fully saturated rings. The van der Waals surface area contributed by atoms with Gasteiger partial charge in [0.05, 0.1) is 0 Å². The van der Waals surface area contributed by atoms with Crippen molar-refractivity contribution in [2.24, 2.45) is 0 Å². The van der Waals surface area contributed by atoms with Crippen molar-refractivity contribution in [1.29, 1.82) is 0 Å². The van der Waals surface area contributed by atoms with Gasteiger partial charge in [-0.3, -0.25) is 0 Å². The Labute approximate surface area is 275 Å². The van der Waals surface area contributed by atoms with Crippen LogP contribution in [-0.2, 0) is 0 Å². The van der Waals surface area contributed by atoms with E-state index in [1.54, 1.807) is 0 Å². The highest BCUT2D eigenvalue weighted by Gasteiger charge is 1.59. The van der Waals surface area contributed by atoms with Gasteiger partial charge in [-0.15, -0.1) is 0 Å². The fourth-order valence-electron chi connectivity index (χ4n) is 1.54. The van der Waals surface area contributed by atoms with Gasteiger partial charge in [0.15, 0.2) is 0 Å². The Morgan fingerprint density at radius 3 is 0.209 bits per heavy atom. The van der Waals surface area contributed by atoms with E-state index in [0.717, 1.165) is 0 Å². The van der Waals surface area contributed by atoms with Gasteiger partial charge < -0.3 is 0 Å². The summed E-state index contributed by atoms with van der Waals surface area (Å²) in [4.78, 5) is 0. The maximum atomic E-state index is 2.12. The van der Waals surface area contributed by atoms with Crippen LogP contribution in [0.3, 0.4) is 0 Å². The quantitative estimate of drug-likeness (QED) is 0.190. The Balaban J connectivity index is -0.0000000537. The van der Waals surface area contributed by atoms with Crippen molar-refractivity contribution in [2.45, 2.75) is 130 Å². The molecule has 0 heterocycles. The van der Waals surface area contributed by atoms with Crippen molar-refractivity contribution in [2.75, 3.05) is 0 Å². The smallest absolute Gasteiger partial charge is 0.0590 e. The number of hydrogen-bond donors (Lipinski definition) is 0. The summed E-state index contributed by atoms with van der Waals surface area (Å²) in [6.45, 7) is 32.8. The van der Waals surface area contributed by atoms with Gasteiger partial charge >= 0.3 is 0 Å². The molecule has 4 aromatic carbocycles. The third-order valence-corrected chi connectivity index (χ3v) is 2.67. The summed E-state index contributed by atoms with van der Waals surface area (Å²) in [6, 6.07) is 48.0. The molecule has 0 aliphatic carbocycles. The average molecular weight is 595 g/mol. The largest absolute Gasteiger partial charge is 0.0683 e. The zero-order valence-corrected chi connectivity index (χ0v) is 32.0. The lowest BCUT2D eigenvalue weighted by Crippen LogP contribution is -1.47. The van der Waals surface area contributed by atoms with E-state index in [2.05, 4.69) is 41.5 Å². The van der Waals surface area contributed by atoms with Gasteiger partial charge in [0, 0.05) is 0 Å². The van der Waals surface area contributed by atoms with E-state index >= 15 is 0 Å². The fourth-order valence-corrected chi connectivity index (χ4v) is 1.54. The maximum Gasteiger partial charge on any atom is -0.0590 e. The Morgan fingerprint density at radius 1 is 0.163 bits per heavy atom. The minimum Gasteiger partial charge on any atom is -0.0683 e. The van der Waals surface area contributed by atoms with E-state index < -0.39 is 0 Å². The van der Waals surface area contributed by atoms with Gasteiger partial charge in [-0.25, -0.2) is 0 Å². The number of rotatable bonds is 0. The lowest BCUT2D eigenvalue weighted by molar-refractivity contribution is 1.09. The number of benzene rings is 4. The van der Waals surface area contributed by atoms with E-state index in [4.69, 9.17) is 0 Å². The van der Waals surface area contributed by atoms with E-state index in [0.29, 0.717) is 0 Å². The summed E-state index contributed by atoms with van der Waals surface area (Å²) in [5.41, 5.74) is 0. The maximum absolute atomic E-state index is 2.12. The van der Waals surface area contributed by atoms with Crippen molar-refractivity contribution in [3.8, 4) is 0 Å². The van der Waals surface area contributed by atoms with Gasteiger partial charge in [-0.05, 0) is 0 Å². The van der Waals surface area contributed by atoms with E-state index in [-0.39, 0.29) is 0 Å². The van der Waals surface area contributed by atoms with E-state index in [1.807, 2.05) is 215 Å². The molecule has 0 N–H and O–H groups in total. The normalized spacial score (nSPS) is 6.42. The highest BCUT2D eigenvalue weighted by Crippen LogP contribution is 1.81. The molecule has 0 nitrogen and oxygen atoms in total. The number of hydrogen-bond acceptors (Lipinski definition) is 0. The molecule has 0 bridgehead atoms. The van der Waals surface area contributed by atoms with Crippen molar-refractivity contribution >= 4 is 0 Å². The van der Waals surface area contributed by atoms with Crippen molar-refractivity contribution in [3.63, 3.8) is 0 Å². The van der Waals surface area contributed by atoms with Gasteiger partial charge in [0.1, 0.15) is 0 Å². The third-order valence-electron chi connectivity index (χ3n) is 2.67. The Morgan fingerprint density at radius 2 is 0.186 bits per heavy atom. The lowest BCUT2D eigenvalue weighted by Gasteiger charge is -1.69. The summed E-state index contributed by atoms with van der Waals surface area (Å²) in [5.74, 6) is 0. The molecular weight excluding hydrogens is 516 g/mol. The third kappa shape index (κ3) is 121. The van der Waals surface area contributed by atoms with Crippen LogP contribution in [0.1, 0.15) is 130 Å². The van der Waals surface area contributed by atoms with Crippen molar-refractivity contribution in [1.82, 2.24) is 0 Å². The monoisotopic (exact) mass is 595 g/mol. The van der Waals surface area contributed by atoms with Crippen molar-refractivity contribution in [3.05, 3.63) is 146 Å². The zero-order chi connectivity index (χ0) is 35.1. The highest BCUT2D eigenvalue weighted by atomic mass is 13.7. The summed E-state index contributed by atoms with van der Waals surface area (Å²) in [7, 11) is 0. The Bertz CT molecular complexity index is 454. The fraction of sp³-hybridized carbons (Fsp3) is 0.442. The predicted molar refractivity (Wildman–Crippen MR) is 210 cm³/mol. The lowest BCUT2D eigenvalue weighted by atomic mass is 10.4. The molecular formula is C43H78. The Hall–Kier alpha value is -3.12. The molecule has 0 spiro atoms. The van der Waals surface area contributed by atoms with E-state index in [1.165, 1.54) is 19.3 Å². The van der Waals surface area contributed by atoms with Gasteiger partial charge in [0.2, 0.25) is 0 Å². The second kappa shape index (κ2) is 97.8. The molecule has 0 aromatic heterocycles. The molecule has 43 heavy (non-hydrogen) atoms. The van der Waals surface area contributed by atoms with Crippen LogP contribution in [0.25, 0.3) is 0 Å². The van der Waals surface area contributed by atoms with Crippen LogP contribution in [0.15, 0.2) is 146 Å².